The number of carboxylic acids is 1. The maximum Gasteiger partial charge on any atom is 0.338 e. The summed E-state index contributed by atoms with van der Waals surface area (Å²) in [5, 5.41) is 10.3. The molecule has 21 heavy (non-hydrogen) atoms. The first-order valence-electron chi connectivity index (χ1n) is 7.16. The van der Waals surface area contributed by atoms with E-state index in [1.807, 2.05) is 6.07 Å². The third-order valence-corrected chi connectivity index (χ3v) is 4.02. The molecule has 0 spiro atoms. The van der Waals surface area contributed by atoms with E-state index >= 15 is 0 Å². The van der Waals surface area contributed by atoms with Crippen LogP contribution in [0.2, 0.25) is 0 Å². The highest BCUT2D eigenvalue weighted by Gasteiger charge is 2.29. The minimum absolute atomic E-state index is 0.337. The molecule has 5 heteroatoms. The van der Waals surface area contributed by atoms with Crippen LogP contribution in [0.1, 0.15) is 47.3 Å². The number of carbonyl (C=O) groups is 2. The van der Waals surface area contributed by atoms with Crippen molar-refractivity contribution in [3.63, 3.8) is 0 Å². The summed E-state index contributed by atoms with van der Waals surface area (Å²) in [4.78, 5) is 26.4. The number of nitrogens with one attached hydrogen (secondary N) is 1. The number of carboxylic acid groups (broad SMARTS) is 1. The number of aromatic amines is 1. The Morgan fingerprint density at radius 2 is 2.24 bits per heavy atom. The second kappa shape index (κ2) is 5.24. The number of H-pyrrole nitrogens is 1. The number of aliphatic carboxylic acids is 1. The molecule has 0 saturated heterocycles. The van der Waals surface area contributed by atoms with E-state index in [1.54, 1.807) is 19.1 Å². The molecule has 1 heterocycles. The van der Waals surface area contributed by atoms with Crippen molar-refractivity contribution >= 4 is 22.8 Å². The van der Waals surface area contributed by atoms with E-state index in [-0.39, 0.29) is 5.97 Å². The highest BCUT2D eigenvalue weighted by atomic mass is 16.5. The van der Waals surface area contributed by atoms with E-state index in [9.17, 15) is 14.7 Å². The lowest BCUT2D eigenvalue weighted by Gasteiger charge is -2.18. The van der Waals surface area contributed by atoms with Crippen LogP contribution in [0.4, 0.5) is 0 Å². The van der Waals surface area contributed by atoms with E-state index < -0.39 is 11.9 Å². The van der Waals surface area contributed by atoms with Crippen molar-refractivity contribution in [2.45, 2.75) is 32.1 Å². The number of benzene rings is 1. The van der Waals surface area contributed by atoms with Gasteiger partial charge in [0.15, 0.2) is 0 Å². The second-order valence-corrected chi connectivity index (χ2v) is 5.28. The summed E-state index contributed by atoms with van der Waals surface area (Å²) < 4.78 is 5.01. The summed E-state index contributed by atoms with van der Waals surface area (Å²) >= 11 is 0. The molecule has 1 aromatic heterocycles. The van der Waals surface area contributed by atoms with Crippen molar-refractivity contribution in [3.8, 4) is 0 Å². The van der Waals surface area contributed by atoms with E-state index in [4.69, 9.17) is 4.74 Å². The van der Waals surface area contributed by atoms with Gasteiger partial charge in [0.05, 0.1) is 18.1 Å². The molecule has 110 valence electrons. The fourth-order valence-electron chi connectivity index (χ4n) is 3.05. The van der Waals surface area contributed by atoms with Gasteiger partial charge >= 0.3 is 11.9 Å². The van der Waals surface area contributed by atoms with Gasteiger partial charge in [0.25, 0.3) is 0 Å². The van der Waals surface area contributed by atoms with Gasteiger partial charge < -0.3 is 14.8 Å². The lowest BCUT2D eigenvalue weighted by atomic mass is 9.87. The normalized spacial score (nSPS) is 17.5. The highest BCUT2D eigenvalue weighted by Crippen LogP contribution is 2.36. The van der Waals surface area contributed by atoms with Crippen molar-refractivity contribution < 1.29 is 19.4 Å². The third-order valence-electron chi connectivity index (χ3n) is 4.02. The minimum atomic E-state index is -0.798. The predicted octanol–water partition coefficient (Wildman–Crippen LogP) is 2.85. The smallest absolute Gasteiger partial charge is 0.338 e. The zero-order chi connectivity index (χ0) is 15.0. The first kappa shape index (κ1) is 13.7. The number of hydrogen-bond acceptors (Lipinski definition) is 3. The molecular formula is C16H17NO4. The molecule has 0 amide bonds. The average molecular weight is 287 g/mol. The predicted molar refractivity (Wildman–Crippen MR) is 77.6 cm³/mol. The van der Waals surface area contributed by atoms with Crippen LogP contribution in [0.15, 0.2) is 18.2 Å². The molecule has 1 aromatic carbocycles. The van der Waals surface area contributed by atoms with Crippen molar-refractivity contribution in [1.29, 1.82) is 0 Å². The van der Waals surface area contributed by atoms with Crippen LogP contribution < -0.4 is 0 Å². The van der Waals surface area contributed by atoms with Crippen LogP contribution in [0.3, 0.4) is 0 Å². The van der Waals surface area contributed by atoms with E-state index in [0.717, 1.165) is 35.0 Å². The number of ether oxygens (including phenoxy) is 1. The fourth-order valence-corrected chi connectivity index (χ4v) is 3.05. The molecule has 0 bridgehead atoms. The standard InChI is InChI=1S/C16H17NO4/c1-2-21-16(20)9-6-7-13-12(8-9)10-4-3-5-11(15(18)19)14(10)17-13/h6-8,11,17H,2-5H2,1H3,(H,18,19)/t11-/m1/s1. The van der Waals surface area contributed by atoms with Crippen molar-refractivity contribution in [2.75, 3.05) is 6.61 Å². The van der Waals surface area contributed by atoms with Crippen molar-refractivity contribution in [2.24, 2.45) is 0 Å². The first-order chi connectivity index (χ1) is 10.1. The summed E-state index contributed by atoms with van der Waals surface area (Å²) in [6, 6.07) is 5.32. The molecule has 5 nitrogen and oxygen atoms in total. The quantitative estimate of drug-likeness (QED) is 0.851. The topological polar surface area (TPSA) is 79.4 Å². The number of esters is 1. The minimum Gasteiger partial charge on any atom is -0.481 e. The van der Waals surface area contributed by atoms with Gasteiger partial charge in [-0.15, -0.1) is 0 Å². The largest absolute Gasteiger partial charge is 0.481 e. The van der Waals surface area contributed by atoms with Gasteiger partial charge in [0.1, 0.15) is 0 Å². The zero-order valence-electron chi connectivity index (χ0n) is 11.8. The Labute approximate surface area is 121 Å². The average Bonchev–Trinajstić information content (AvgIpc) is 2.84. The van der Waals surface area contributed by atoms with Crippen molar-refractivity contribution in [3.05, 3.63) is 35.0 Å². The molecule has 3 rings (SSSR count). The Kier molecular flexibility index (Phi) is 3.41. The Hall–Kier alpha value is -2.30. The number of carbonyl (C=O) groups excluding carboxylic acids is 1. The van der Waals surface area contributed by atoms with Gasteiger partial charge in [0, 0.05) is 16.6 Å². The highest BCUT2D eigenvalue weighted by molar-refractivity contribution is 5.97. The van der Waals surface area contributed by atoms with Crippen LogP contribution in [-0.2, 0) is 16.0 Å². The maximum atomic E-state index is 11.8. The van der Waals surface area contributed by atoms with E-state index in [2.05, 4.69) is 4.98 Å². The van der Waals surface area contributed by atoms with E-state index in [1.165, 1.54) is 0 Å². The molecule has 1 aliphatic carbocycles. The number of aromatic nitrogens is 1. The SMILES string of the molecule is CCOC(=O)c1ccc2[nH]c3c(c2c1)CCC[C@H]3C(=O)O. The molecule has 2 aromatic rings. The molecule has 0 fully saturated rings. The number of hydrogen-bond donors (Lipinski definition) is 2. The fraction of sp³-hybridized carbons (Fsp3) is 0.375. The monoisotopic (exact) mass is 287 g/mol. The lowest BCUT2D eigenvalue weighted by Crippen LogP contribution is -2.17. The van der Waals surface area contributed by atoms with Gasteiger partial charge in [0.2, 0.25) is 0 Å². The van der Waals surface area contributed by atoms with Gasteiger partial charge in [-0.2, -0.15) is 0 Å². The summed E-state index contributed by atoms with van der Waals surface area (Å²) in [5.41, 5.74) is 3.18. The molecule has 0 radical (unpaired) electrons. The van der Waals surface area contributed by atoms with Gasteiger partial charge in [-0.25, -0.2) is 4.79 Å². The van der Waals surface area contributed by atoms with Crippen LogP contribution in [0.25, 0.3) is 10.9 Å². The summed E-state index contributed by atoms with van der Waals surface area (Å²) in [7, 11) is 0. The number of aryl methyl sites for hydroxylation is 1. The Morgan fingerprint density at radius 1 is 1.43 bits per heavy atom. The molecule has 1 atom stereocenters. The molecule has 0 saturated carbocycles. The molecule has 0 aliphatic heterocycles. The van der Waals surface area contributed by atoms with Gasteiger partial charge in [-0.1, -0.05) is 0 Å². The van der Waals surface area contributed by atoms with Crippen LogP contribution >= 0.6 is 0 Å². The maximum absolute atomic E-state index is 11.8. The summed E-state index contributed by atoms with van der Waals surface area (Å²) in [6.07, 6.45) is 2.34. The van der Waals surface area contributed by atoms with E-state index in [0.29, 0.717) is 18.6 Å². The number of fused-ring (bicyclic) bond motifs is 3. The molecule has 2 N–H and O–H groups in total. The Morgan fingerprint density at radius 3 is 2.95 bits per heavy atom. The Bertz CT molecular complexity index is 716. The zero-order valence-corrected chi connectivity index (χ0v) is 11.8. The van der Waals surface area contributed by atoms with Crippen LogP contribution in [0.5, 0.6) is 0 Å². The molecular weight excluding hydrogens is 270 g/mol. The first-order valence-corrected chi connectivity index (χ1v) is 7.16. The van der Waals surface area contributed by atoms with Gasteiger partial charge in [-0.3, -0.25) is 4.79 Å². The lowest BCUT2D eigenvalue weighted by molar-refractivity contribution is -0.139. The molecule has 0 unspecified atom stereocenters. The second-order valence-electron chi connectivity index (χ2n) is 5.28. The van der Waals surface area contributed by atoms with Crippen molar-refractivity contribution in [1.82, 2.24) is 4.98 Å². The summed E-state index contributed by atoms with van der Waals surface area (Å²) in [6.45, 7) is 2.11. The van der Waals surface area contributed by atoms with Gasteiger partial charge in [-0.05, 0) is 49.9 Å². The van der Waals surface area contributed by atoms with Crippen LogP contribution in [0, 0.1) is 0 Å². The third kappa shape index (κ3) is 2.28. The summed E-state index contributed by atoms with van der Waals surface area (Å²) in [5.74, 6) is -1.62. The Balaban J connectivity index is 2.10. The van der Waals surface area contributed by atoms with Crippen LogP contribution in [-0.4, -0.2) is 28.6 Å². The molecule has 1 aliphatic rings. The number of rotatable bonds is 3.